The fourth-order valence-corrected chi connectivity index (χ4v) is 8.41. The van der Waals surface area contributed by atoms with Crippen LogP contribution in [0.2, 0.25) is 0 Å². The van der Waals surface area contributed by atoms with Crippen LogP contribution in [-0.4, -0.2) is 50.0 Å². The zero-order valence-corrected chi connectivity index (χ0v) is 20.4. The lowest BCUT2D eigenvalue weighted by molar-refractivity contribution is -0.159. The molecule has 3 saturated carbocycles. The third kappa shape index (κ3) is 3.76. The Morgan fingerprint density at radius 3 is 2.59 bits per heavy atom. The van der Waals surface area contributed by atoms with E-state index in [1.54, 1.807) is 0 Å². The minimum atomic E-state index is -1.36. The molecule has 3 N–H and O–H groups in total. The predicted octanol–water partition coefficient (Wildman–Crippen LogP) is 3.51. The van der Waals surface area contributed by atoms with Gasteiger partial charge >= 0.3 is 5.97 Å². The Morgan fingerprint density at radius 2 is 1.88 bits per heavy atom. The van der Waals surface area contributed by atoms with Crippen LogP contribution < -0.4 is 5.32 Å². The fraction of sp³-hybridized carbons (Fsp3) is 0.750. The molecule has 0 aliphatic heterocycles. The molecule has 0 heterocycles. The molecule has 0 amide bonds. The Bertz CT molecular complexity index is 888. The molecule has 3 unspecified atom stereocenters. The maximum absolute atomic E-state index is 13.2. The Kier molecular flexibility index (Phi) is 6.36. The van der Waals surface area contributed by atoms with Gasteiger partial charge < -0.3 is 15.5 Å². The molecule has 176 valence electrons. The van der Waals surface area contributed by atoms with Crippen LogP contribution >= 0.6 is 24.0 Å². The summed E-state index contributed by atoms with van der Waals surface area (Å²) in [5.41, 5.74) is -0.427. The van der Waals surface area contributed by atoms with Gasteiger partial charge in [0.25, 0.3) is 0 Å². The summed E-state index contributed by atoms with van der Waals surface area (Å²) in [6.07, 6.45) is 8.53. The lowest BCUT2D eigenvalue weighted by atomic mass is 9.46. The van der Waals surface area contributed by atoms with Crippen molar-refractivity contribution >= 4 is 45.8 Å². The van der Waals surface area contributed by atoms with E-state index in [1.807, 2.05) is 6.08 Å². The molecule has 0 bridgehead atoms. The maximum atomic E-state index is 13.2. The highest BCUT2D eigenvalue weighted by Crippen LogP contribution is 2.67. The van der Waals surface area contributed by atoms with Gasteiger partial charge in [0.15, 0.2) is 11.6 Å². The first kappa shape index (κ1) is 23.9. The predicted molar refractivity (Wildman–Crippen MR) is 127 cm³/mol. The summed E-state index contributed by atoms with van der Waals surface area (Å²) in [5, 5.41) is 23.1. The van der Waals surface area contributed by atoms with Gasteiger partial charge in [0.05, 0.1) is 5.75 Å². The molecular formula is C24H33NO5S2. The lowest BCUT2D eigenvalue weighted by Gasteiger charge is -2.58. The monoisotopic (exact) mass is 479 g/mol. The molecule has 6 nitrogen and oxygen atoms in total. The second-order valence-corrected chi connectivity index (χ2v) is 12.2. The van der Waals surface area contributed by atoms with Gasteiger partial charge in [-0.15, -0.1) is 0 Å². The number of aliphatic carboxylic acids is 1. The number of hydrogen-bond acceptors (Lipinski definition) is 6. The molecule has 0 spiro atoms. The summed E-state index contributed by atoms with van der Waals surface area (Å²) in [6.45, 7) is 4.15. The summed E-state index contributed by atoms with van der Waals surface area (Å²) in [6, 6.07) is 0. The number of fused-ring (bicyclic) bond motifs is 5. The van der Waals surface area contributed by atoms with E-state index in [0.717, 1.165) is 50.3 Å². The Balaban J connectivity index is 1.48. The first-order valence-corrected chi connectivity index (χ1v) is 13.0. The summed E-state index contributed by atoms with van der Waals surface area (Å²) in [7, 11) is 0. The molecule has 0 aromatic heterocycles. The number of thiocarbonyl (C=S) groups is 1. The zero-order valence-electron chi connectivity index (χ0n) is 18.8. The number of carbonyl (C=O) groups excluding carboxylic acids is 2. The highest BCUT2D eigenvalue weighted by Gasteiger charge is 2.66. The number of aliphatic hydroxyl groups is 1. The zero-order chi connectivity index (χ0) is 23.3. The molecule has 32 heavy (non-hydrogen) atoms. The van der Waals surface area contributed by atoms with E-state index < -0.39 is 17.0 Å². The Labute approximate surface area is 199 Å². The van der Waals surface area contributed by atoms with Crippen LogP contribution in [0.3, 0.4) is 0 Å². The molecule has 0 aromatic rings. The van der Waals surface area contributed by atoms with Crippen molar-refractivity contribution < 1.29 is 24.6 Å². The molecule has 6 atom stereocenters. The van der Waals surface area contributed by atoms with Gasteiger partial charge in [-0.05, 0) is 74.2 Å². The van der Waals surface area contributed by atoms with Crippen LogP contribution in [0.25, 0.3) is 0 Å². The van der Waals surface area contributed by atoms with Gasteiger partial charge in [-0.25, -0.2) is 0 Å². The second-order valence-electron chi connectivity index (χ2n) is 10.6. The molecule has 4 aliphatic carbocycles. The number of ketones is 2. The van der Waals surface area contributed by atoms with Crippen LogP contribution in [0.5, 0.6) is 0 Å². The van der Waals surface area contributed by atoms with Crippen molar-refractivity contribution in [1.82, 2.24) is 5.32 Å². The number of Topliss-reactive ketones (excluding diaryl/α,β-unsaturated/α-hetero) is 1. The molecule has 8 heteroatoms. The van der Waals surface area contributed by atoms with Crippen molar-refractivity contribution in [3.05, 3.63) is 11.6 Å². The quantitative estimate of drug-likeness (QED) is 0.515. The highest BCUT2D eigenvalue weighted by atomic mass is 32.2. The molecule has 4 aliphatic rings. The molecule has 4 rings (SSSR count). The van der Waals surface area contributed by atoms with E-state index in [-0.39, 0.29) is 33.6 Å². The van der Waals surface area contributed by atoms with Crippen LogP contribution in [-0.2, 0) is 14.4 Å². The number of rotatable bonds is 5. The van der Waals surface area contributed by atoms with E-state index in [9.17, 15) is 19.5 Å². The third-order valence-corrected chi connectivity index (χ3v) is 10.6. The van der Waals surface area contributed by atoms with Crippen molar-refractivity contribution in [3.63, 3.8) is 0 Å². The number of hydrogen-bond donors (Lipinski definition) is 3. The third-order valence-electron chi connectivity index (χ3n) is 9.29. The second kappa shape index (κ2) is 8.51. The topological polar surface area (TPSA) is 104 Å². The van der Waals surface area contributed by atoms with Gasteiger partial charge in [-0.2, -0.15) is 0 Å². The van der Waals surface area contributed by atoms with Gasteiger partial charge in [-0.3, -0.25) is 14.4 Å². The first-order valence-electron chi connectivity index (χ1n) is 11.6. The maximum Gasteiger partial charge on any atom is 0.322 e. The van der Waals surface area contributed by atoms with Crippen LogP contribution in [0.4, 0.5) is 0 Å². The number of carbonyl (C=O) groups is 3. The Morgan fingerprint density at radius 1 is 1.16 bits per heavy atom. The van der Waals surface area contributed by atoms with Crippen LogP contribution in [0, 0.1) is 28.6 Å². The standard InChI is InChI=1S/C24H33NO5S2/c1-22-8-5-15(26)11-14(22)3-4-16-17(22)6-9-23(2)18(16)7-10-24(23,30)19(27)13-32-21(31)25-12-20(28)29/h11,16-18,30H,3-10,12-13H2,1-2H3,(H,25,31)(H,28,29)/t16?,17?,18?,22-,23-,24-/m0/s1. The average molecular weight is 480 g/mol. The van der Waals surface area contributed by atoms with E-state index in [2.05, 4.69) is 19.2 Å². The first-order chi connectivity index (χ1) is 15.0. The normalized spacial score (nSPS) is 40.5. The van der Waals surface area contributed by atoms with Crippen molar-refractivity contribution in [2.24, 2.45) is 28.6 Å². The lowest BCUT2D eigenvalue weighted by Crippen LogP contribution is -2.58. The van der Waals surface area contributed by atoms with Crippen LogP contribution in [0.15, 0.2) is 11.6 Å². The summed E-state index contributed by atoms with van der Waals surface area (Å²) in [5.74, 6) is 0.369. The van der Waals surface area contributed by atoms with Crippen LogP contribution in [0.1, 0.15) is 65.2 Å². The van der Waals surface area contributed by atoms with E-state index >= 15 is 0 Å². The fourth-order valence-electron chi connectivity index (χ4n) is 7.48. The average Bonchev–Trinajstić information content (AvgIpc) is 3.03. The number of allylic oxidation sites excluding steroid dienone is 1. The van der Waals surface area contributed by atoms with E-state index in [0.29, 0.717) is 30.6 Å². The molecule has 0 aromatic carbocycles. The van der Waals surface area contributed by atoms with E-state index in [4.69, 9.17) is 17.3 Å². The molecular weight excluding hydrogens is 446 g/mol. The number of thioether (sulfide) groups is 1. The van der Waals surface area contributed by atoms with Gasteiger partial charge in [0.1, 0.15) is 16.5 Å². The summed E-state index contributed by atoms with van der Waals surface area (Å²) < 4.78 is 0.263. The van der Waals surface area contributed by atoms with Gasteiger partial charge in [0.2, 0.25) is 0 Å². The largest absolute Gasteiger partial charge is 0.480 e. The summed E-state index contributed by atoms with van der Waals surface area (Å²) in [4.78, 5) is 35.9. The van der Waals surface area contributed by atoms with Crippen molar-refractivity contribution in [2.45, 2.75) is 70.8 Å². The van der Waals surface area contributed by atoms with Gasteiger partial charge in [-0.1, -0.05) is 43.4 Å². The molecule has 0 saturated heterocycles. The van der Waals surface area contributed by atoms with Crippen molar-refractivity contribution in [2.75, 3.05) is 12.3 Å². The Hall–Kier alpha value is -1.25. The summed E-state index contributed by atoms with van der Waals surface area (Å²) >= 11 is 6.22. The number of carboxylic acid groups (broad SMARTS) is 1. The van der Waals surface area contributed by atoms with Gasteiger partial charge in [0, 0.05) is 11.8 Å². The minimum absolute atomic E-state index is 0.0467. The number of nitrogens with one attached hydrogen (secondary N) is 1. The van der Waals surface area contributed by atoms with E-state index in [1.165, 1.54) is 5.57 Å². The highest BCUT2D eigenvalue weighted by molar-refractivity contribution is 8.23. The minimum Gasteiger partial charge on any atom is -0.480 e. The van der Waals surface area contributed by atoms with Crippen molar-refractivity contribution in [3.8, 4) is 0 Å². The smallest absolute Gasteiger partial charge is 0.322 e. The SMILES string of the molecule is C[C@]12CCC(=O)C=C1CCC1C2CC[C@@]2(C)C1CC[C@]2(O)C(=O)CSC(=S)NCC(=O)O. The molecule has 0 radical (unpaired) electrons. The van der Waals surface area contributed by atoms with Crippen molar-refractivity contribution in [1.29, 1.82) is 0 Å². The number of carboxylic acids is 1. The molecule has 3 fully saturated rings.